The minimum Gasteiger partial charge on any atom is -0.497 e. The number of para-hydroxylation sites is 1. The molecule has 2 atom stereocenters. The van der Waals surface area contributed by atoms with Crippen molar-refractivity contribution in [1.29, 1.82) is 0 Å². The highest BCUT2D eigenvalue weighted by Gasteiger charge is 2.41. The molecule has 3 heterocycles. The zero-order chi connectivity index (χ0) is 21.7. The number of nitrogens with zero attached hydrogens (tertiary/aromatic N) is 3. The molecule has 6 nitrogen and oxygen atoms in total. The van der Waals surface area contributed by atoms with Gasteiger partial charge < -0.3 is 14.8 Å². The van der Waals surface area contributed by atoms with Crippen molar-refractivity contribution >= 4 is 23.2 Å². The normalized spacial score (nSPS) is 18.7. The van der Waals surface area contributed by atoms with Crippen LogP contribution in [0.1, 0.15) is 28.8 Å². The molecule has 0 bridgehead atoms. The van der Waals surface area contributed by atoms with Gasteiger partial charge in [0, 0.05) is 21.7 Å². The monoisotopic (exact) mass is 442 g/mol. The zero-order valence-electron chi connectivity index (χ0n) is 17.2. The van der Waals surface area contributed by atoms with Gasteiger partial charge in [0.2, 0.25) is 5.95 Å². The largest absolute Gasteiger partial charge is 0.497 e. The van der Waals surface area contributed by atoms with Gasteiger partial charge in [0.1, 0.15) is 23.9 Å². The first-order valence-corrected chi connectivity index (χ1v) is 10.7. The summed E-state index contributed by atoms with van der Waals surface area (Å²) in [6.45, 7) is 0. The van der Waals surface area contributed by atoms with Crippen LogP contribution in [0.3, 0.4) is 0 Å². The molecule has 2 aliphatic heterocycles. The molecule has 0 fully saturated rings. The summed E-state index contributed by atoms with van der Waals surface area (Å²) in [7, 11) is 1.67. The van der Waals surface area contributed by atoms with Crippen LogP contribution in [0.2, 0.25) is 5.02 Å². The molecule has 0 saturated heterocycles. The summed E-state index contributed by atoms with van der Waals surface area (Å²) < 4.78 is 14.0. The highest BCUT2D eigenvalue weighted by molar-refractivity contribution is 6.31. The van der Waals surface area contributed by atoms with Crippen LogP contribution in [0, 0.1) is 0 Å². The Morgan fingerprint density at radius 3 is 2.75 bits per heavy atom. The lowest BCUT2D eigenvalue weighted by Crippen LogP contribution is -2.32. The third kappa shape index (κ3) is 2.87. The lowest BCUT2D eigenvalue weighted by Gasteiger charge is -2.39. The molecule has 0 spiro atoms. The first-order chi connectivity index (χ1) is 15.7. The maximum absolute atomic E-state index is 6.66. The quantitative estimate of drug-likeness (QED) is 0.454. The van der Waals surface area contributed by atoms with Crippen LogP contribution in [-0.2, 0) is 0 Å². The lowest BCUT2D eigenvalue weighted by atomic mass is 9.84. The Balaban J connectivity index is 1.64. The summed E-state index contributed by atoms with van der Waals surface area (Å²) in [5, 5.41) is 8.69. The van der Waals surface area contributed by atoms with Crippen molar-refractivity contribution in [1.82, 2.24) is 14.8 Å². The number of aromatic nitrogens is 3. The van der Waals surface area contributed by atoms with Crippen molar-refractivity contribution in [3.63, 3.8) is 0 Å². The Bertz CT molecular complexity index is 1360. The van der Waals surface area contributed by atoms with Crippen molar-refractivity contribution in [2.24, 2.45) is 0 Å². The number of rotatable bonds is 3. The fourth-order valence-corrected chi connectivity index (χ4v) is 4.73. The topological polar surface area (TPSA) is 61.2 Å². The molecular formula is C25H19ClN4O2. The summed E-state index contributed by atoms with van der Waals surface area (Å²) in [5.41, 5.74) is 4.88. The number of fused-ring (bicyclic) bond motifs is 3. The van der Waals surface area contributed by atoms with Crippen molar-refractivity contribution < 1.29 is 9.47 Å². The molecule has 1 aromatic heterocycles. The minimum atomic E-state index is -0.408. The summed E-state index contributed by atoms with van der Waals surface area (Å²) in [6.07, 6.45) is 1.15. The molecule has 0 aliphatic carbocycles. The van der Waals surface area contributed by atoms with Gasteiger partial charge in [0.15, 0.2) is 6.10 Å². The van der Waals surface area contributed by atoms with Crippen molar-refractivity contribution in [3.05, 3.63) is 106 Å². The summed E-state index contributed by atoms with van der Waals surface area (Å²) in [5.74, 6) is 2.24. The number of benzene rings is 3. The van der Waals surface area contributed by atoms with Crippen LogP contribution in [0.25, 0.3) is 5.70 Å². The average molecular weight is 443 g/mol. The number of hydrogen-bond donors (Lipinski definition) is 1. The van der Waals surface area contributed by atoms with Gasteiger partial charge >= 0.3 is 0 Å². The molecule has 4 aromatic rings. The second-order valence-corrected chi connectivity index (χ2v) is 8.09. The number of halogens is 1. The first-order valence-electron chi connectivity index (χ1n) is 10.3. The second kappa shape index (κ2) is 7.43. The second-order valence-electron chi connectivity index (χ2n) is 7.68. The molecular weight excluding hydrogens is 424 g/mol. The molecule has 1 N–H and O–H groups in total. The first kappa shape index (κ1) is 19.0. The Labute approximate surface area is 190 Å². The van der Waals surface area contributed by atoms with E-state index in [9.17, 15) is 0 Å². The van der Waals surface area contributed by atoms with Gasteiger partial charge in [-0.05, 0) is 35.9 Å². The van der Waals surface area contributed by atoms with Gasteiger partial charge in [-0.1, -0.05) is 54.1 Å². The van der Waals surface area contributed by atoms with E-state index in [0.717, 1.165) is 39.5 Å². The fraction of sp³-hybridized carbons (Fsp3) is 0.120. The van der Waals surface area contributed by atoms with Crippen LogP contribution in [0.4, 0.5) is 5.95 Å². The molecule has 0 saturated carbocycles. The molecule has 3 aromatic carbocycles. The van der Waals surface area contributed by atoms with Gasteiger partial charge in [-0.3, -0.25) is 0 Å². The third-order valence-corrected chi connectivity index (χ3v) is 6.26. The summed E-state index contributed by atoms with van der Waals surface area (Å²) in [4.78, 5) is 4.46. The molecule has 0 radical (unpaired) electrons. The van der Waals surface area contributed by atoms with E-state index in [1.165, 1.54) is 0 Å². The lowest BCUT2D eigenvalue weighted by molar-refractivity contribution is 0.223. The summed E-state index contributed by atoms with van der Waals surface area (Å²) >= 11 is 6.66. The zero-order valence-corrected chi connectivity index (χ0v) is 18.0. The smallest absolute Gasteiger partial charge is 0.226 e. The number of hydrogen-bond acceptors (Lipinski definition) is 5. The number of nitrogens with one attached hydrogen (secondary N) is 1. The number of methoxy groups -OCH3 is 1. The van der Waals surface area contributed by atoms with E-state index in [0.29, 0.717) is 11.0 Å². The van der Waals surface area contributed by atoms with Gasteiger partial charge in [0.05, 0.1) is 12.8 Å². The predicted molar refractivity (Wildman–Crippen MR) is 123 cm³/mol. The molecule has 158 valence electrons. The standard InChI is InChI=1S/C25H19ClN4O2/c1-31-16-8-6-7-15(13-16)23-21-22(29-25-27-14-28-30(23)25)18-10-3-5-12-20(18)32-24(21)17-9-2-4-11-19(17)26/h2-14,23-24H,1H3,(H,27,28,29)/t23-,24-/m0/s1. The van der Waals surface area contributed by atoms with E-state index >= 15 is 0 Å². The van der Waals surface area contributed by atoms with E-state index in [1.807, 2.05) is 65.3 Å². The van der Waals surface area contributed by atoms with Crippen LogP contribution in [-0.4, -0.2) is 21.9 Å². The molecule has 2 aliphatic rings. The van der Waals surface area contributed by atoms with Crippen molar-refractivity contribution in [3.8, 4) is 11.5 Å². The van der Waals surface area contributed by atoms with Crippen LogP contribution >= 0.6 is 11.6 Å². The number of ether oxygens (including phenoxy) is 2. The van der Waals surface area contributed by atoms with E-state index in [4.69, 9.17) is 21.1 Å². The van der Waals surface area contributed by atoms with Gasteiger partial charge in [-0.2, -0.15) is 10.1 Å². The van der Waals surface area contributed by atoms with Gasteiger partial charge in [-0.25, -0.2) is 4.68 Å². The van der Waals surface area contributed by atoms with E-state index < -0.39 is 6.10 Å². The Hall–Kier alpha value is -3.77. The molecule has 6 rings (SSSR count). The molecule has 7 heteroatoms. The minimum absolute atomic E-state index is 0.256. The van der Waals surface area contributed by atoms with Crippen LogP contribution < -0.4 is 14.8 Å². The maximum Gasteiger partial charge on any atom is 0.226 e. The highest BCUT2D eigenvalue weighted by atomic mass is 35.5. The Kier molecular flexibility index (Phi) is 4.40. The van der Waals surface area contributed by atoms with E-state index in [-0.39, 0.29) is 6.04 Å². The number of anilines is 1. The predicted octanol–water partition coefficient (Wildman–Crippen LogP) is 5.50. The fourth-order valence-electron chi connectivity index (χ4n) is 4.50. The van der Waals surface area contributed by atoms with E-state index in [2.05, 4.69) is 27.5 Å². The molecule has 0 amide bonds. The molecule has 0 unspecified atom stereocenters. The maximum atomic E-state index is 6.66. The van der Waals surface area contributed by atoms with Crippen LogP contribution in [0.15, 0.2) is 84.7 Å². The Morgan fingerprint density at radius 2 is 1.88 bits per heavy atom. The molecule has 32 heavy (non-hydrogen) atoms. The van der Waals surface area contributed by atoms with Crippen LogP contribution in [0.5, 0.6) is 11.5 Å². The average Bonchev–Trinajstić information content (AvgIpc) is 3.31. The van der Waals surface area contributed by atoms with Crippen molar-refractivity contribution in [2.45, 2.75) is 12.1 Å². The highest BCUT2D eigenvalue weighted by Crippen LogP contribution is 2.51. The third-order valence-electron chi connectivity index (χ3n) is 5.92. The van der Waals surface area contributed by atoms with Gasteiger partial charge in [0.25, 0.3) is 0 Å². The van der Waals surface area contributed by atoms with Crippen molar-refractivity contribution in [2.75, 3.05) is 12.4 Å². The summed E-state index contributed by atoms with van der Waals surface area (Å²) in [6, 6.07) is 23.5. The SMILES string of the molecule is COc1cccc([C@H]2C3=C(Nc4ncnn42)c2ccccc2O[C@H]3c2ccccc2Cl)c1. The Morgan fingerprint density at radius 1 is 1.03 bits per heavy atom. The van der Waals surface area contributed by atoms with Gasteiger partial charge in [-0.15, -0.1) is 0 Å². The van der Waals surface area contributed by atoms with E-state index in [1.54, 1.807) is 13.4 Å².